The molecule has 2 heterocycles. The van der Waals surface area contributed by atoms with Crippen LogP contribution < -0.4 is 5.73 Å². The number of aromatic nitrogens is 3. The number of hydrogen-bond donors (Lipinski definition) is 1. The number of nitrogens with zero attached hydrogens (tertiary/aromatic N) is 3. The maximum absolute atomic E-state index is 6.08. The number of hydrogen-bond acceptors (Lipinski definition) is 4. The van der Waals surface area contributed by atoms with Crippen LogP contribution in [-0.4, -0.2) is 14.8 Å². The highest BCUT2D eigenvalue weighted by molar-refractivity contribution is 7.09. The summed E-state index contributed by atoms with van der Waals surface area (Å²) in [6.07, 6.45) is 0.884. The molecule has 3 aromatic rings. The minimum absolute atomic E-state index is 0.707. The van der Waals surface area contributed by atoms with Crippen LogP contribution in [0.3, 0.4) is 0 Å². The second-order valence-electron chi connectivity index (χ2n) is 4.58. The third kappa shape index (κ3) is 2.10. The Bertz CT molecular complexity index is 726. The van der Waals surface area contributed by atoms with Crippen molar-refractivity contribution in [1.29, 1.82) is 0 Å². The number of fused-ring (bicyclic) bond motifs is 1. The Morgan fingerprint density at radius 1 is 1.37 bits per heavy atom. The summed E-state index contributed by atoms with van der Waals surface area (Å²) in [6, 6.07) is 5.97. The standard InChI is InChI=1S/C14H16N4S/c1-3-11-14-10(15)5-4-6-12(14)18(17-11)7-13-16-9(2)8-19-13/h4-6,8H,3,7,15H2,1-2H3. The average molecular weight is 272 g/mol. The Hall–Kier alpha value is -1.88. The van der Waals surface area contributed by atoms with E-state index in [0.29, 0.717) is 6.54 Å². The summed E-state index contributed by atoms with van der Waals surface area (Å²) >= 11 is 1.67. The molecule has 1 aromatic carbocycles. The van der Waals surface area contributed by atoms with Gasteiger partial charge in [-0.3, -0.25) is 4.68 Å². The Labute approximate surface area is 115 Å². The Morgan fingerprint density at radius 2 is 2.21 bits per heavy atom. The van der Waals surface area contributed by atoms with Gasteiger partial charge in [-0.05, 0) is 25.5 Å². The third-order valence-corrected chi connectivity index (χ3v) is 4.12. The van der Waals surface area contributed by atoms with Crippen molar-refractivity contribution < 1.29 is 0 Å². The summed E-state index contributed by atoms with van der Waals surface area (Å²) in [5.74, 6) is 0. The van der Waals surface area contributed by atoms with Gasteiger partial charge in [-0.2, -0.15) is 5.10 Å². The summed E-state index contributed by atoms with van der Waals surface area (Å²) in [5.41, 5.74) is 10.1. The van der Waals surface area contributed by atoms with E-state index in [4.69, 9.17) is 5.73 Å². The monoisotopic (exact) mass is 272 g/mol. The van der Waals surface area contributed by atoms with Gasteiger partial charge in [0.05, 0.1) is 17.8 Å². The molecular weight excluding hydrogens is 256 g/mol. The molecule has 2 aromatic heterocycles. The fourth-order valence-electron chi connectivity index (χ4n) is 2.31. The van der Waals surface area contributed by atoms with Crippen molar-refractivity contribution in [3.05, 3.63) is 40.0 Å². The molecule has 2 N–H and O–H groups in total. The van der Waals surface area contributed by atoms with Crippen LogP contribution in [0.4, 0.5) is 5.69 Å². The smallest absolute Gasteiger partial charge is 0.114 e. The zero-order chi connectivity index (χ0) is 13.4. The molecule has 98 valence electrons. The van der Waals surface area contributed by atoms with Gasteiger partial charge in [0.15, 0.2) is 0 Å². The largest absolute Gasteiger partial charge is 0.398 e. The van der Waals surface area contributed by atoms with E-state index in [9.17, 15) is 0 Å². The molecule has 0 bridgehead atoms. The highest BCUT2D eigenvalue weighted by Gasteiger charge is 2.12. The van der Waals surface area contributed by atoms with Gasteiger partial charge < -0.3 is 5.73 Å². The summed E-state index contributed by atoms with van der Waals surface area (Å²) in [7, 11) is 0. The molecule has 0 atom stereocenters. The van der Waals surface area contributed by atoms with Crippen molar-refractivity contribution in [3.8, 4) is 0 Å². The molecule has 0 unspecified atom stereocenters. The molecule has 0 radical (unpaired) electrons. The molecule has 5 heteroatoms. The quantitative estimate of drug-likeness (QED) is 0.746. The Morgan fingerprint density at radius 3 is 2.89 bits per heavy atom. The lowest BCUT2D eigenvalue weighted by atomic mass is 10.1. The number of nitrogens with two attached hydrogens (primary N) is 1. The van der Waals surface area contributed by atoms with Gasteiger partial charge >= 0.3 is 0 Å². The topological polar surface area (TPSA) is 56.7 Å². The number of aryl methyl sites for hydroxylation is 2. The van der Waals surface area contributed by atoms with E-state index >= 15 is 0 Å². The van der Waals surface area contributed by atoms with Gasteiger partial charge in [0, 0.05) is 22.1 Å². The second-order valence-corrected chi connectivity index (χ2v) is 5.52. The summed E-state index contributed by atoms with van der Waals surface area (Å²) in [5, 5.41) is 8.90. The van der Waals surface area contributed by atoms with Crippen molar-refractivity contribution in [2.45, 2.75) is 26.8 Å². The first-order valence-electron chi connectivity index (χ1n) is 6.34. The maximum Gasteiger partial charge on any atom is 0.114 e. The first-order valence-corrected chi connectivity index (χ1v) is 7.22. The predicted molar refractivity (Wildman–Crippen MR) is 79.5 cm³/mol. The van der Waals surface area contributed by atoms with E-state index < -0.39 is 0 Å². The molecule has 0 spiro atoms. The van der Waals surface area contributed by atoms with E-state index in [2.05, 4.69) is 28.5 Å². The molecule has 0 aliphatic rings. The Balaban J connectivity index is 2.11. The first kappa shape index (κ1) is 12.2. The lowest BCUT2D eigenvalue weighted by Crippen LogP contribution is -2.01. The molecule has 0 aliphatic carbocycles. The van der Waals surface area contributed by atoms with Crippen LogP contribution >= 0.6 is 11.3 Å². The normalized spacial score (nSPS) is 11.3. The van der Waals surface area contributed by atoms with Crippen LogP contribution in [0, 0.1) is 6.92 Å². The van der Waals surface area contributed by atoms with E-state index in [1.54, 1.807) is 11.3 Å². The molecular formula is C14H16N4S. The van der Waals surface area contributed by atoms with E-state index in [1.165, 1.54) is 0 Å². The van der Waals surface area contributed by atoms with Gasteiger partial charge in [-0.15, -0.1) is 11.3 Å². The third-order valence-electron chi connectivity index (χ3n) is 3.17. The zero-order valence-electron chi connectivity index (χ0n) is 11.1. The fraction of sp³-hybridized carbons (Fsp3) is 0.286. The molecule has 0 aliphatic heterocycles. The van der Waals surface area contributed by atoms with Crippen molar-refractivity contribution in [2.75, 3.05) is 5.73 Å². The lowest BCUT2D eigenvalue weighted by Gasteiger charge is -2.01. The van der Waals surface area contributed by atoms with Crippen molar-refractivity contribution in [2.24, 2.45) is 0 Å². The predicted octanol–water partition coefficient (Wildman–Crippen LogP) is 2.99. The number of anilines is 1. The highest BCUT2D eigenvalue weighted by atomic mass is 32.1. The summed E-state index contributed by atoms with van der Waals surface area (Å²) in [6.45, 7) is 4.82. The van der Waals surface area contributed by atoms with Crippen LogP contribution in [-0.2, 0) is 13.0 Å². The van der Waals surface area contributed by atoms with Gasteiger partial charge in [0.1, 0.15) is 5.01 Å². The molecule has 0 saturated carbocycles. The van der Waals surface area contributed by atoms with E-state index in [1.807, 2.05) is 23.7 Å². The summed E-state index contributed by atoms with van der Waals surface area (Å²) < 4.78 is 2.00. The minimum atomic E-state index is 0.707. The number of thiazole rings is 1. The molecule has 4 nitrogen and oxygen atoms in total. The van der Waals surface area contributed by atoms with Crippen molar-refractivity contribution in [3.63, 3.8) is 0 Å². The van der Waals surface area contributed by atoms with Crippen molar-refractivity contribution >= 4 is 27.9 Å². The molecule has 0 saturated heterocycles. The molecule has 0 fully saturated rings. The van der Waals surface area contributed by atoms with Gasteiger partial charge in [-0.25, -0.2) is 4.98 Å². The number of rotatable bonds is 3. The van der Waals surface area contributed by atoms with Gasteiger partial charge in [0.2, 0.25) is 0 Å². The summed E-state index contributed by atoms with van der Waals surface area (Å²) in [4.78, 5) is 4.50. The van der Waals surface area contributed by atoms with Crippen LogP contribution in [0.25, 0.3) is 10.9 Å². The second kappa shape index (κ2) is 4.66. The minimum Gasteiger partial charge on any atom is -0.398 e. The fourth-order valence-corrected chi connectivity index (χ4v) is 3.06. The molecule has 19 heavy (non-hydrogen) atoms. The van der Waals surface area contributed by atoms with E-state index in [0.717, 1.165) is 39.4 Å². The van der Waals surface area contributed by atoms with Crippen LogP contribution in [0.5, 0.6) is 0 Å². The van der Waals surface area contributed by atoms with Crippen LogP contribution in [0.15, 0.2) is 23.6 Å². The van der Waals surface area contributed by atoms with Gasteiger partial charge in [0.25, 0.3) is 0 Å². The van der Waals surface area contributed by atoms with E-state index in [-0.39, 0.29) is 0 Å². The number of nitrogen functional groups attached to an aromatic ring is 1. The average Bonchev–Trinajstić information content (AvgIpc) is 2.95. The van der Waals surface area contributed by atoms with Crippen molar-refractivity contribution in [1.82, 2.24) is 14.8 Å². The highest BCUT2D eigenvalue weighted by Crippen LogP contribution is 2.26. The molecule has 3 rings (SSSR count). The zero-order valence-corrected chi connectivity index (χ0v) is 11.9. The Kier molecular flexibility index (Phi) is 2.98. The van der Waals surface area contributed by atoms with Gasteiger partial charge in [-0.1, -0.05) is 13.0 Å². The SMILES string of the molecule is CCc1nn(Cc2nc(C)cs2)c2cccc(N)c12. The first-order chi connectivity index (χ1) is 9.19. The van der Waals surface area contributed by atoms with Crippen LogP contribution in [0.2, 0.25) is 0 Å². The lowest BCUT2D eigenvalue weighted by molar-refractivity contribution is 0.691. The number of benzene rings is 1. The molecule has 0 amide bonds. The van der Waals surface area contributed by atoms with Crippen LogP contribution in [0.1, 0.15) is 23.3 Å². The maximum atomic E-state index is 6.08.